The first-order chi connectivity index (χ1) is 8.65. The SMILES string of the molecule is CCc1cc(C23C4CC5(CO5)C2C43)n(C(C)C)n1. The fourth-order valence-corrected chi connectivity index (χ4v) is 5.09. The zero-order chi connectivity index (χ0) is 12.3. The molecule has 1 aromatic heterocycles. The van der Waals surface area contributed by atoms with Gasteiger partial charge in [-0.15, -0.1) is 0 Å². The number of epoxide rings is 1. The van der Waals surface area contributed by atoms with Crippen molar-refractivity contribution in [2.45, 2.75) is 50.7 Å². The molecular weight excluding hydrogens is 224 g/mol. The van der Waals surface area contributed by atoms with Crippen molar-refractivity contribution in [3.05, 3.63) is 17.5 Å². The Bertz CT molecular complexity index is 551. The van der Waals surface area contributed by atoms with Crippen LogP contribution in [0.1, 0.15) is 44.6 Å². The lowest BCUT2D eigenvalue weighted by atomic mass is 9.99. The van der Waals surface area contributed by atoms with Gasteiger partial charge < -0.3 is 4.74 Å². The quantitative estimate of drug-likeness (QED) is 0.764. The Morgan fingerprint density at radius 3 is 2.83 bits per heavy atom. The first-order valence-electron chi connectivity index (χ1n) is 7.38. The summed E-state index contributed by atoms with van der Waals surface area (Å²) in [7, 11) is 0. The van der Waals surface area contributed by atoms with Gasteiger partial charge in [-0.2, -0.15) is 5.10 Å². The monoisotopic (exact) mass is 244 g/mol. The van der Waals surface area contributed by atoms with Gasteiger partial charge in [-0.1, -0.05) is 6.92 Å². The highest BCUT2D eigenvalue weighted by atomic mass is 16.6. The molecule has 1 aliphatic heterocycles. The Morgan fingerprint density at radius 2 is 2.33 bits per heavy atom. The van der Waals surface area contributed by atoms with Crippen molar-refractivity contribution < 1.29 is 4.74 Å². The van der Waals surface area contributed by atoms with Gasteiger partial charge in [-0.25, -0.2) is 0 Å². The van der Waals surface area contributed by atoms with Gasteiger partial charge in [0.15, 0.2) is 0 Å². The Labute approximate surface area is 108 Å². The first kappa shape index (κ1) is 10.0. The molecule has 0 N–H and O–H groups in total. The molecule has 3 nitrogen and oxygen atoms in total. The van der Waals surface area contributed by atoms with Crippen LogP contribution in [0.25, 0.3) is 0 Å². The zero-order valence-electron chi connectivity index (χ0n) is 11.3. The topological polar surface area (TPSA) is 30.4 Å². The second kappa shape index (κ2) is 2.55. The molecule has 2 heterocycles. The highest BCUT2D eigenvalue weighted by molar-refractivity contribution is 5.56. The number of rotatable bonds is 3. The largest absolute Gasteiger partial charge is 0.369 e. The summed E-state index contributed by atoms with van der Waals surface area (Å²) in [5, 5.41) is 4.80. The second-order valence-electron chi connectivity index (χ2n) is 7.01. The summed E-state index contributed by atoms with van der Waals surface area (Å²) in [6.45, 7) is 7.73. The smallest absolute Gasteiger partial charge is 0.0960 e. The van der Waals surface area contributed by atoms with Crippen LogP contribution in [-0.4, -0.2) is 22.0 Å². The van der Waals surface area contributed by atoms with E-state index in [2.05, 4.69) is 31.5 Å². The molecule has 5 unspecified atom stereocenters. The van der Waals surface area contributed by atoms with Crippen molar-refractivity contribution >= 4 is 0 Å². The zero-order valence-corrected chi connectivity index (χ0v) is 11.3. The number of nitrogens with zero attached hydrogens (tertiary/aromatic N) is 2. The summed E-state index contributed by atoms with van der Waals surface area (Å²) < 4.78 is 8.08. The lowest BCUT2D eigenvalue weighted by Crippen LogP contribution is -2.17. The van der Waals surface area contributed by atoms with Crippen LogP contribution >= 0.6 is 0 Å². The number of hydrogen-bond acceptors (Lipinski definition) is 2. The normalized spacial score (nSPS) is 49.9. The van der Waals surface area contributed by atoms with Crippen molar-refractivity contribution in [2.75, 3.05) is 6.61 Å². The molecule has 6 rings (SSSR count). The third-order valence-electron chi connectivity index (χ3n) is 5.98. The minimum absolute atomic E-state index is 0.327. The summed E-state index contributed by atoms with van der Waals surface area (Å²) in [6.07, 6.45) is 2.37. The average molecular weight is 244 g/mol. The van der Waals surface area contributed by atoms with Crippen LogP contribution in [0.4, 0.5) is 0 Å². The van der Waals surface area contributed by atoms with Crippen LogP contribution in [0.5, 0.6) is 0 Å². The van der Waals surface area contributed by atoms with Crippen molar-refractivity contribution in [1.82, 2.24) is 9.78 Å². The molecule has 2 bridgehead atoms. The molecule has 1 saturated heterocycles. The Morgan fingerprint density at radius 1 is 1.56 bits per heavy atom. The van der Waals surface area contributed by atoms with E-state index in [4.69, 9.17) is 9.84 Å². The average Bonchev–Trinajstić information content (AvgIpc) is 3.22. The maximum atomic E-state index is 5.78. The molecule has 5 aliphatic rings. The molecule has 4 saturated carbocycles. The minimum atomic E-state index is 0.327. The predicted octanol–water partition coefficient (Wildman–Crippen LogP) is 2.31. The standard InChI is InChI=1S/C15H20N2O/c1-4-9-5-11(17(16-9)8(2)3)15-10-6-14(7-18-14)13(15)12(10)15/h5,8,10,12-13H,4,6-7H2,1-3H3. The van der Waals surface area contributed by atoms with Crippen molar-refractivity contribution in [3.8, 4) is 0 Å². The number of hydrogen-bond donors (Lipinski definition) is 0. The molecule has 1 spiro atoms. The van der Waals surface area contributed by atoms with Gasteiger partial charge in [0.1, 0.15) is 0 Å². The molecule has 5 atom stereocenters. The molecule has 5 fully saturated rings. The summed E-state index contributed by atoms with van der Waals surface area (Å²) in [5.41, 5.74) is 3.62. The van der Waals surface area contributed by atoms with Crippen molar-refractivity contribution in [3.63, 3.8) is 0 Å². The van der Waals surface area contributed by atoms with Crippen LogP contribution in [0.2, 0.25) is 0 Å². The van der Waals surface area contributed by atoms with Crippen LogP contribution in [0, 0.1) is 17.8 Å². The summed E-state index contributed by atoms with van der Waals surface area (Å²) >= 11 is 0. The Balaban J connectivity index is 1.61. The van der Waals surface area contributed by atoms with E-state index in [0.717, 1.165) is 30.8 Å². The molecule has 3 heteroatoms. The highest BCUT2D eigenvalue weighted by Gasteiger charge is 2.99. The second-order valence-corrected chi connectivity index (χ2v) is 7.01. The number of aryl methyl sites for hydroxylation is 1. The molecule has 1 aromatic rings. The van der Waals surface area contributed by atoms with E-state index in [0.29, 0.717) is 17.1 Å². The molecule has 4 aliphatic carbocycles. The molecule has 96 valence electrons. The summed E-state index contributed by atoms with van der Waals surface area (Å²) in [4.78, 5) is 0. The van der Waals surface area contributed by atoms with Gasteiger partial charge in [0.2, 0.25) is 0 Å². The van der Waals surface area contributed by atoms with Gasteiger partial charge in [0.05, 0.1) is 17.9 Å². The van der Waals surface area contributed by atoms with E-state index in [-0.39, 0.29) is 0 Å². The fraction of sp³-hybridized carbons (Fsp3) is 0.800. The first-order valence-corrected chi connectivity index (χ1v) is 7.38. The predicted molar refractivity (Wildman–Crippen MR) is 67.4 cm³/mol. The number of aromatic nitrogens is 2. The van der Waals surface area contributed by atoms with Crippen molar-refractivity contribution in [2.24, 2.45) is 17.8 Å². The highest BCUT2D eigenvalue weighted by Crippen LogP contribution is 2.95. The van der Waals surface area contributed by atoms with Crippen LogP contribution in [0.15, 0.2) is 6.07 Å². The third kappa shape index (κ3) is 0.814. The Hall–Kier alpha value is -0.830. The van der Waals surface area contributed by atoms with E-state index in [1.165, 1.54) is 17.8 Å². The van der Waals surface area contributed by atoms with Crippen LogP contribution < -0.4 is 0 Å². The summed E-state index contributed by atoms with van der Waals surface area (Å²) in [6, 6.07) is 2.86. The Kier molecular flexibility index (Phi) is 1.42. The molecule has 0 amide bonds. The minimum Gasteiger partial charge on any atom is -0.369 e. The molecule has 0 radical (unpaired) electrons. The number of ether oxygens (including phenoxy) is 1. The molecule has 18 heavy (non-hydrogen) atoms. The third-order valence-corrected chi connectivity index (χ3v) is 5.98. The summed E-state index contributed by atoms with van der Waals surface area (Å²) in [5.74, 6) is 2.71. The fourth-order valence-electron chi connectivity index (χ4n) is 5.09. The van der Waals surface area contributed by atoms with Gasteiger partial charge in [0.25, 0.3) is 0 Å². The van der Waals surface area contributed by atoms with E-state index >= 15 is 0 Å². The molecule has 0 aromatic carbocycles. The van der Waals surface area contributed by atoms with Gasteiger partial charge in [-0.05, 0) is 44.6 Å². The van der Waals surface area contributed by atoms with Gasteiger partial charge >= 0.3 is 0 Å². The lowest BCUT2D eigenvalue weighted by Gasteiger charge is -2.15. The lowest BCUT2D eigenvalue weighted by molar-refractivity contribution is 0.289. The van der Waals surface area contributed by atoms with Crippen molar-refractivity contribution in [1.29, 1.82) is 0 Å². The van der Waals surface area contributed by atoms with Gasteiger partial charge in [-0.3, -0.25) is 4.68 Å². The van der Waals surface area contributed by atoms with E-state index < -0.39 is 0 Å². The molecular formula is C15H20N2O. The maximum Gasteiger partial charge on any atom is 0.0960 e. The van der Waals surface area contributed by atoms with E-state index in [1.54, 1.807) is 0 Å². The van der Waals surface area contributed by atoms with Crippen LogP contribution in [-0.2, 0) is 16.6 Å². The van der Waals surface area contributed by atoms with Crippen LogP contribution in [0.3, 0.4) is 0 Å². The maximum absolute atomic E-state index is 5.78. The van der Waals surface area contributed by atoms with Gasteiger partial charge in [0, 0.05) is 23.1 Å². The van der Waals surface area contributed by atoms with E-state index in [9.17, 15) is 0 Å². The van der Waals surface area contributed by atoms with E-state index in [1.807, 2.05) is 0 Å².